The monoisotopic (exact) mass is 434 g/mol. The van der Waals surface area contributed by atoms with E-state index in [-0.39, 0.29) is 24.3 Å². The third-order valence-corrected chi connectivity index (χ3v) is 5.43. The van der Waals surface area contributed by atoms with Crippen molar-refractivity contribution < 1.29 is 9.59 Å². The van der Waals surface area contributed by atoms with Gasteiger partial charge in [-0.3, -0.25) is 14.5 Å². The molecule has 0 saturated heterocycles. The Morgan fingerprint density at radius 1 is 1.06 bits per heavy atom. The Labute approximate surface area is 188 Å². The van der Waals surface area contributed by atoms with Crippen LogP contribution in [0, 0.1) is 5.92 Å². The molecule has 0 aliphatic carbocycles. The van der Waals surface area contributed by atoms with Crippen LogP contribution in [0.2, 0.25) is 0 Å². The first kappa shape index (κ1) is 23.3. The van der Waals surface area contributed by atoms with Crippen LogP contribution in [0.3, 0.4) is 0 Å². The molecule has 0 unspecified atom stereocenters. The maximum absolute atomic E-state index is 12.9. The molecule has 168 valence electrons. The molecule has 8 nitrogen and oxygen atoms in total. The van der Waals surface area contributed by atoms with Crippen LogP contribution in [0.1, 0.15) is 45.6 Å². The third kappa shape index (κ3) is 5.45. The molecule has 1 heterocycles. The van der Waals surface area contributed by atoms with E-state index in [4.69, 9.17) is 5.73 Å². The van der Waals surface area contributed by atoms with E-state index < -0.39 is 6.04 Å². The Morgan fingerprint density at radius 3 is 2.34 bits per heavy atom. The molecule has 3 N–H and O–H groups in total. The molecule has 0 radical (unpaired) electrons. The van der Waals surface area contributed by atoms with Gasteiger partial charge < -0.3 is 5.73 Å². The van der Waals surface area contributed by atoms with Gasteiger partial charge in [0.25, 0.3) is 0 Å². The first-order valence-corrected chi connectivity index (χ1v) is 10.9. The SMILES string of the molecule is CCCCC(=O)N(Cc1ccc(-c2ccccc2-c2nn[nH]n2)cc1)C(=O)[C@@H](N)C(C)C. The summed E-state index contributed by atoms with van der Waals surface area (Å²) in [7, 11) is 0. The van der Waals surface area contributed by atoms with Gasteiger partial charge in [-0.25, -0.2) is 0 Å². The minimum Gasteiger partial charge on any atom is -0.320 e. The maximum Gasteiger partial charge on any atom is 0.246 e. The van der Waals surface area contributed by atoms with Crippen molar-refractivity contribution >= 4 is 11.8 Å². The number of hydrogen-bond acceptors (Lipinski definition) is 6. The number of carbonyl (C=O) groups is 2. The molecule has 0 fully saturated rings. The van der Waals surface area contributed by atoms with Crippen molar-refractivity contribution in [1.29, 1.82) is 0 Å². The quantitative estimate of drug-likeness (QED) is 0.532. The summed E-state index contributed by atoms with van der Waals surface area (Å²) in [5, 5.41) is 14.3. The van der Waals surface area contributed by atoms with Crippen molar-refractivity contribution in [3.63, 3.8) is 0 Å². The summed E-state index contributed by atoms with van der Waals surface area (Å²) in [5.74, 6) is -0.0363. The summed E-state index contributed by atoms with van der Waals surface area (Å²) in [5.41, 5.74) is 9.75. The van der Waals surface area contributed by atoms with Gasteiger partial charge in [-0.05, 0) is 34.2 Å². The molecule has 0 saturated carbocycles. The van der Waals surface area contributed by atoms with E-state index in [2.05, 4.69) is 20.6 Å². The van der Waals surface area contributed by atoms with Gasteiger partial charge in [-0.1, -0.05) is 75.7 Å². The van der Waals surface area contributed by atoms with Gasteiger partial charge >= 0.3 is 0 Å². The highest BCUT2D eigenvalue weighted by Gasteiger charge is 2.28. The van der Waals surface area contributed by atoms with Gasteiger partial charge in [0.1, 0.15) is 0 Å². The molecule has 3 aromatic rings. The van der Waals surface area contributed by atoms with E-state index in [1.54, 1.807) is 0 Å². The third-order valence-electron chi connectivity index (χ3n) is 5.43. The Bertz CT molecular complexity index is 1030. The minimum atomic E-state index is -0.707. The molecule has 1 atom stereocenters. The zero-order valence-electron chi connectivity index (χ0n) is 18.8. The van der Waals surface area contributed by atoms with Crippen LogP contribution < -0.4 is 5.73 Å². The van der Waals surface area contributed by atoms with Crippen LogP contribution in [0.15, 0.2) is 48.5 Å². The number of hydrogen-bond donors (Lipinski definition) is 2. The Balaban J connectivity index is 1.84. The smallest absolute Gasteiger partial charge is 0.246 e. The van der Waals surface area contributed by atoms with Gasteiger partial charge in [0.2, 0.25) is 17.6 Å². The fraction of sp³-hybridized carbons (Fsp3) is 0.375. The number of aromatic nitrogens is 4. The molecule has 8 heteroatoms. The van der Waals surface area contributed by atoms with Crippen LogP contribution in [0.5, 0.6) is 0 Å². The largest absolute Gasteiger partial charge is 0.320 e. The number of unbranched alkanes of at least 4 members (excludes halogenated alkanes) is 1. The fourth-order valence-corrected chi connectivity index (χ4v) is 3.40. The molecule has 0 spiro atoms. The summed E-state index contributed by atoms with van der Waals surface area (Å²) in [4.78, 5) is 27.0. The van der Waals surface area contributed by atoms with Crippen LogP contribution >= 0.6 is 0 Å². The van der Waals surface area contributed by atoms with Gasteiger partial charge in [-0.2, -0.15) is 5.21 Å². The summed E-state index contributed by atoms with van der Waals surface area (Å²) >= 11 is 0. The first-order chi connectivity index (χ1) is 15.4. The fourth-order valence-electron chi connectivity index (χ4n) is 3.40. The summed E-state index contributed by atoms with van der Waals surface area (Å²) < 4.78 is 0. The summed E-state index contributed by atoms with van der Waals surface area (Å²) in [6.45, 7) is 5.99. The highest BCUT2D eigenvalue weighted by Crippen LogP contribution is 2.30. The van der Waals surface area contributed by atoms with Crippen molar-refractivity contribution in [2.75, 3.05) is 0 Å². The van der Waals surface area contributed by atoms with Crippen molar-refractivity contribution in [1.82, 2.24) is 25.5 Å². The van der Waals surface area contributed by atoms with E-state index in [1.165, 1.54) is 4.90 Å². The number of amides is 2. The number of nitrogens with two attached hydrogens (primary N) is 1. The number of imide groups is 1. The molecule has 32 heavy (non-hydrogen) atoms. The van der Waals surface area contributed by atoms with Gasteiger partial charge in [0, 0.05) is 12.0 Å². The molecule has 0 aliphatic heterocycles. The predicted octanol–water partition coefficient (Wildman–Crippen LogP) is 3.56. The van der Waals surface area contributed by atoms with Crippen LogP contribution in [0.25, 0.3) is 22.5 Å². The van der Waals surface area contributed by atoms with Crippen molar-refractivity contribution in [2.45, 2.75) is 52.6 Å². The number of tetrazole rings is 1. The molecule has 2 amide bonds. The standard InChI is InChI=1S/C24H30N6O2/c1-4-5-10-21(31)30(24(32)22(25)16(2)3)15-17-11-13-18(14-12-17)19-8-6-7-9-20(19)23-26-28-29-27-23/h6-9,11-14,16,22H,4-5,10,15,25H2,1-3H3,(H,26,27,28,29)/t22-/m0/s1. The average molecular weight is 435 g/mol. The summed E-state index contributed by atoms with van der Waals surface area (Å²) in [6, 6.07) is 14.9. The second kappa shape index (κ2) is 10.8. The number of carbonyl (C=O) groups excluding carboxylic acids is 2. The number of nitrogens with one attached hydrogen (secondary N) is 1. The molecule has 0 aliphatic rings. The van der Waals surface area contributed by atoms with E-state index in [1.807, 2.05) is 69.3 Å². The topological polar surface area (TPSA) is 118 Å². The lowest BCUT2D eigenvalue weighted by molar-refractivity contribution is -0.147. The Hall–Kier alpha value is -3.39. The van der Waals surface area contributed by atoms with Crippen molar-refractivity contribution in [2.24, 2.45) is 11.7 Å². The van der Waals surface area contributed by atoms with Gasteiger partial charge in [0.15, 0.2) is 0 Å². The van der Waals surface area contributed by atoms with Crippen molar-refractivity contribution in [3.05, 3.63) is 54.1 Å². The van der Waals surface area contributed by atoms with Crippen molar-refractivity contribution in [3.8, 4) is 22.5 Å². The van der Waals surface area contributed by atoms with E-state index in [0.717, 1.165) is 35.1 Å². The lowest BCUT2D eigenvalue weighted by Crippen LogP contribution is -2.48. The number of benzene rings is 2. The average Bonchev–Trinajstić information content (AvgIpc) is 3.35. The predicted molar refractivity (Wildman–Crippen MR) is 123 cm³/mol. The van der Waals surface area contributed by atoms with Crippen LogP contribution in [0.4, 0.5) is 0 Å². The van der Waals surface area contributed by atoms with E-state index in [9.17, 15) is 9.59 Å². The maximum atomic E-state index is 12.9. The number of aromatic amines is 1. The number of rotatable bonds is 9. The van der Waals surface area contributed by atoms with E-state index in [0.29, 0.717) is 12.2 Å². The molecule has 1 aromatic heterocycles. The normalized spacial score (nSPS) is 12.0. The zero-order chi connectivity index (χ0) is 23.1. The molecular formula is C24H30N6O2. The lowest BCUT2D eigenvalue weighted by atomic mass is 9.98. The molecule has 2 aromatic carbocycles. The zero-order valence-corrected chi connectivity index (χ0v) is 18.8. The highest BCUT2D eigenvalue weighted by molar-refractivity contribution is 5.97. The van der Waals surface area contributed by atoms with Crippen LogP contribution in [-0.4, -0.2) is 43.4 Å². The first-order valence-electron chi connectivity index (χ1n) is 10.9. The molecular weight excluding hydrogens is 404 g/mol. The van der Waals surface area contributed by atoms with E-state index >= 15 is 0 Å². The number of nitrogens with zero attached hydrogens (tertiary/aromatic N) is 4. The Kier molecular flexibility index (Phi) is 7.83. The minimum absolute atomic E-state index is 0.0482. The van der Waals surface area contributed by atoms with Gasteiger partial charge in [0.05, 0.1) is 12.6 Å². The van der Waals surface area contributed by atoms with Gasteiger partial charge in [-0.15, -0.1) is 10.2 Å². The lowest BCUT2D eigenvalue weighted by Gasteiger charge is -2.26. The summed E-state index contributed by atoms with van der Waals surface area (Å²) in [6.07, 6.45) is 1.97. The highest BCUT2D eigenvalue weighted by atomic mass is 16.2. The van der Waals surface area contributed by atoms with Crippen LogP contribution in [-0.2, 0) is 16.1 Å². The number of H-pyrrole nitrogens is 1. The molecule has 3 rings (SSSR count). The second-order valence-electron chi connectivity index (χ2n) is 8.17. The second-order valence-corrected chi connectivity index (χ2v) is 8.17. The Morgan fingerprint density at radius 2 is 1.75 bits per heavy atom. The molecule has 0 bridgehead atoms.